The maximum Gasteiger partial charge on any atom is 0.124 e. The van der Waals surface area contributed by atoms with E-state index in [1.54, 1.807) is 31.3 Å². The van der Waals surface area contributed by atoms with Crippen molar-refractivity contribution in [2.75, 3.05) is 45.9 Å². The monoisotopic (exact) mass is 488 g/mol. The number of aromatic nitrogens is 4. The predicted molar refractivity (Wildman–Crippen MR) is 140 cm³/mol. The fraction of sp³-hybridized carbons (Fsp3) is 0.370. The zero-order valence-electron chi connectivity index (χ0n) is 21.2. The molecule has 1 N–H and O–H groups in total. The van der Waals surface area contributed by atoms with E-state index in [-0.39, 0.29) is 5.60 Å². The molecule has 3 heterocycles. The zero-order chi connectivity index (χ0) is 25.1. The van der Waals surface area contributed by atoms with Crippen LogP contribution < -0.4 is 19.7 Å². The van der Waals surface area contributed by atoms with Crippen LogP contribution in [0.4, 0.5) is 11.4 Å². The number of nitrogens with one attached hydrogen (secondary N) is 1. The number of rotatable bonds is 8. The fourth-order valence-electron chi connectivity index (χ4n) is 4.74. The molecule has 0 unspecified atom stereocenters. The van der Waals surface area contributed by atoms with E-state index in [1.807, 2.05) is 44.6 Å². The molecule has 0 bridgehead atoms. The number of fused-ring (bicyclic) bond motifs is 1. The molecule has 0 radical (unpaired) electrons. The lowest BCUT2D eigenvalue weighted by molar-refractivity contribution is -0.0258. The van der Waals surface area contributed by atoms with E-state index < -0.39 is 0 Å². The minimum absolute atomic E-state index is 0.292. The second kappa shape index (κ2) is 10.1. The van der Waals surface area contributed by atoms with E-state index >= 15 is 0 Å². The lowest BCUT2D eigenvalue weighted by Crippen LogP contribution is -2.50. The number of hydrogen-bond acceptors (Lipinski definition) is 8. The summed E-state index contributed by atoms with van der Waals surface area (Å²) >= 11 is 0. The van der Waals surface area contributed by atoms with E-state index in [0.29, 0.717) is 6.54 Å². The summed E-state index contributed by atoms with van der Waals surface area (Å²) in [5.41, 5.74) is 5.01. The number of aryl methyl sites for hydroxylation is 1. The summed E-state index contributed by atoms with van der Waals surface area (Å²) in [6, 6.07) is 12.1. The van der Waals surface area contributed by atoms with Gasteiger partial charge in [-0.25, -0.2) is 4.98 Å². The number of piperidine rings is 1. The Balaban J connectivity index is 1.61. The summed E-state index contributed by atoms with van der Waals surface area (Å²) in [7, 11) is 7.03. The van der Waals surface area contributed by atoms with E-state index in [4.69, 9.17) is 19.2 Å². The normalized spacial score (nSPS) is 15.1. The Kier molecular flexibility index (Phi) is 6.75. The van der Waals surface area contributed by atoms with Gasteiger partial charge in [-0.2, -0.15) is 5.10 Å². The minimum atomic E-state index is -0.292. The van der Waals surface area contributed by atoms with Crippen LogP contribution in [0.15, 0.2) is 55.0 Å². The predicted octanol–water partition coefficient (Wildman–Crippen LogP) is 3.95. The summed E-state index contributed by atoms with van der Waals surface area (Å²) < 4.78 is 19.1. The average Bonchev–Trinajstić information content (AvgIpc) is 3.37. The standard InChI is InChI=1S/C27H32N6O3/c1-32-17-19(15-30-32)26-16-29-24-6-5-20(13-25(24)31-26)33(18-27(36-4)7-9-28-10-8-27)21-11-22(34-2)14-23(12-21)35-3/h5-6,11-17,28H,7-10,18H2,1-4H3. The van der Waals surface area contributed by atoms with Crippen molar-refractivity contribution in [2.24, 2.45) is 7.05 Å². The first-order chi connectivity index (χ1) is 17.5. The van der Waals surface area contributed by atoms with Gasteiger partial charge in [-0.05, 0) is 44.1 Å². The van der Waals surface area contributed by atoms with Crippen molar-refractivity contribution in [2.45, 2.75) is 18.4 Å². The van der Waals surface area contributed by atoms with Gasteiger partial charge in [0.1, 0.15) is 11.5 Å². The maximum atomic E-state index is 6.15. The van der Waals surface area contributed by atoms with Gasteiger partial charge in [0.15, 0.2) is 0 Å². The zero-order valence-corrected chi connectivity index (χ0v) is 21.2. The molecule has 5 rings (SSSR count). The smallest absolute Gasteiger partial charge is 0.124 e. The van der Waals surface area contributed by atoms with Crippen LogP contribution in [0.2, 0.25) is 0 Å². The van der Waals surface area contributed by atoms with Crippen LogP contribution in [-0.2, 0) is 11.8 Å². The van der Waals surface area contributed by atoms with Crippen LogP contribution >= 0.6 is 0 Å². The van der Waals surface area contributed by atoms with Crippen LogP contribution in [-0.4, -0.2) is 66.3 Å². The van der Waals surface area contributed by atoms with Crippen molar-refractivity contribution in [1.82, 2.24) is 25.1 Å². The summed E-state index contributed by atoms with van der Waals surface area (Å²) in [6.45, 7) is 2.50. The fourth-order valence-corrected chi connectivity index (χ4v) is 4.74. The Morgan fingerprint density at radius 2 is 1.69 bits per heavy atom. The highest BCUT2D eigenvalue weighted by molar-refractivity contribution is 5.82. The second-order valence-electron chi connectivity index (χ2n) is 9.13. The highest BCUT2D eigenvalue weighted by Gasteiger charge is 2.35. The molecular weight excluding hydrogens is 456 g/mol. The third-order valence-corrected chi connectivity index (χ3v) is 6.88. The lowest BCUT2D eigenvalue weighted by atomic mass is 9.91. The van der Waals surface area contributed by atoms with Gasteiger partial charge in [0, 0.05) is 55.5 Å². The molecule has 2 aromatic carbocycles. The van der Waals surface area contributed by atoms with Gasteiger partial charge < -0.3 is 24.4 Å². The first-order valence-electron chi connectivity index (χ1n) is 12.0. The van der Waals surface area contributed by atoms with Crippen LogP contribution in [0.1, 0.15) is 12.8 Å². The largest absolute Gasteiger partial charge is 0.497 e. The Labute approximate surface area is 211 Å². The molecule has 0 aliphatic carbocycles. The van der Waals surface area contributed by atoms with Gasteiger partial charge in [0.05, 0.1) is 55.5 Å². The molecule has 4 aromatic rings. The van der Waals surface area contributed by atoms with Crippen LogP contribution in [0.3, 0.4) is 0 Å². The number of hydrogen-bond donors (Lipinski definition) is 1. The summed E-state index contributed by atoms with van der Waals surface area (Å²) in [5, 5.41) is 7.72. The minimum Gasteiger partial charge on any atom is -0.497 e. The van der Waals surface area contributed by atoms with Gasteiger partial charge in [-0.15, -0.1) is 0 Å². The van der Waals surface area contributed by atoms with Gasteiger partial charge in [-0.1, -0.05) is 0 Å². The second-order valence-corrected chi connectivity index (χ2v) is 9.13. The van der Waals surface area contributed by atoms with Gasteiger partial charge >= 0.3 is 0 Å². The quantitative estimate of drug-likeness (QED) is 0.399. The van der Waals surface area contributed by atoms with E-state index in [0.717, 1.165) is 71.1 Å². The van der Waals surface area contributed by atoms with Gasteiger partial charge in [0.2, 0.25) is 0 Å². The molecule has 1 aliphatic rings. The van der Waals surface area contributed by atoms with Crippen molar-refractivity contribution in [3.8, 4) is 22.8 Å². The third kappa shape index (κ3) is 4.84. The lowest BCUT2D eigenvalue weighted by Gasteiger charge is -2.41. The number of benzene rings is 2. The Hall–Kier alpha value is -3.69. The van der Waals surface area contributed by atoms with Crippen molar-refractivity contribution in [3.05, 3.63) is 55.0 Å². The van der Waals surface area contributed by atoms with Crippen LogP contribution in [0.25, 0.3) is 22.3 Å². The number of nitrogens with zero attached hydrogens (tertiary/aromatic N) is 5. The Morgan fingerprint density at radius 3 is 2.33 bits per heavy atom. The summed E-state index contributed by atoms with van der Waals surface area (Å²) in [6.07, 6.45) is 7.36. The SMILES string of the molecule is COc1cc(OC)cc(N(CC2(OC)CCNCC2)c2ccc3ncc(-c4cnn(C)c4)nc3c2)c1. The molecule has 0 amide bonds. The molecule has 36 heavy (non-hydrogen) atoms. The highest BCUT2D eigenvalue weighted by atomic mass is 16.5. The van der Waals surface area contributed by atoms with E-state index in [1.165, 1.54) is 0 Å². The van der Waals surface area contributed by atoms with Crippen molar-refractivity contribution in [3.63, 3.8) is 0 Å². The first kappa shape index (κ1) is 24.0. The molecule has 1 fully saturated rings. The number of anilines is 2. The van der Waals surface area contributed by atoms with E-state index in [9.17, 15) is 0 Å². The number of ether oxygens (including phenoxy) is 3. The maximum absolute atomic E-state index is 6.15. The van der Waals surface area contributed by atoms with Crippen LogP contribution in [0.5, 0.6) is 11.5 Å². The molecule has 9 heteroatoms. The van der Waals surface area contributed by atoms with Crippen molar-refractivity contribution >= 4 is 22.4 Å². The Morgan fingerprint density at radius 1 is 0.944 bits per heavy atom. The van der Waals surface area contributed by atoms with Crippen molar-refractivity contribution < 1.29 is 14.2 Å². The molecule has 0 saturated carbocycles. The molecular formula is C27H32N6O3. The molecule has 9 nitrogen and oxygen atoms in total. The summed E-state index contributed by atoms with van der Waals surface area (Å²) in [5.74, 6) is 1.45. The van der Waals surface area contributed by atoms with Crippen molar-refractivity contribution in [1.29, 1.82) is 0 Å². The van der Waals surface area contributed by atoms with E-state index in [2.05, 4.69) is 32.4 Å². The number of methoxy groups -OCH3 is 3. The first-order valence-corrected chi connectivity index (χ1v) is 12.0. The Bertz CT molecular complexity index is 1330. The molecule has 0 spiro atoms. The third-order valence-electron chi connectivity index (χ3n) is 6.88. The average molecular weight is 489 g/mol. The highest BCUT2D eigenvalue weighted by Crippen LogP contribution is 2.37. The topological polar surface area (TPSA) is 86.6 Å². The molecule has 1 aliphatic heterocycles. The summed E-state index contributed by atoms with van der Waals surface area (Å²) in [4.78, 5) is 11.8. The van der Waals surface area contributed by atoms with Gasteiger partial charge in [0.25, 0.3) is 0 Å². The molecule has 188 valence electrons. The van der Waals surface area contributed by atoms with Crippen LogP contribution in [0, 0.1) is 0 Å². The molecule has 1 saturated heterocycles. The molecule has 2 aromatic heterocycles. The van der Waals surface area contributed by atoms with Gasteiger partial charge in [-0.3, -0.25) is 9.67 Å². The molecule has 0 atom stereocenters.